The summed E-state index contributed by atoms with van der Waals surface area (Å²) >= 11 is 0. The normalized spacial score (nSPS) is 11.5. The highest BCUT2D eigenvalue weighted by Crippen LogP contribution is 2.38. The van der Waals surface area contributed by atoms with Crippen molar-refractivity contribution >= 4 is 49.7 Å². The number of fused-ring (bicyclic) bond motifs is 6. The summed E-state index contributed by atoms with van der Waals surface area (Å²) in [5.41, 5.74) is 7.22. The van der Waals surface area contributed by atoms with Crippen molar-refractivity contribution in [1.29, 1.82) is 5.41 Å². The fourth-order valence-electron chi connectivity index (χ4n) is 5.30. The smallest absolute Gasteiger partial charge is 0.136 e. The van der Waals surface area contributed by atoms with Gasteiger partial charge < -0.3 is 9.83 Å². The highest BCUT2D eigenvalue weighted by Gasteiger charge is 2.14. The molecule has 0 radical (unpaired) electrons. The van der Waals surface area contributed by atoms with E-state index in [-0.39, 0.29) is 0 Å². The van der Waals surface area contributed by atoms with Gasteiger partial charge in [-0.15, -0.1) is 0 Å². The lowest BCUT2D eigenvalue weighted by Gasteiger charge is -2.12. The molecule has 0 saturated heterocycles. The van der Waals surface area contributed by atoms with Crippen LogP contribution in [-0.2, 0) is 0 Å². The third-order valence-corrected chi connectivity index (χ3v) is 6.98. The van der Waals surface area contributed by atoms with Gasteiger partial charge in [-0.1, -0.05) is 91.0 Å². The van der Waals surface area contributed by atoms with Gasteiger partial charge in [0.05, 0.1) is 0 Å². The molecule has 0 saturated carbocycles. The second-order valence-electron chi connectivity index (χ2n) is 8.95. The van der Waals surface area contributed by atoms with Crippen molar-refractivity contribution in [3.63, 3.8) is 0 Å². The minimum atomic E-state index is 0.813. The molecule has 0 aliphatic carbocycles. The predicted molar refractivity (Wildman–Crippen MR) is 147 cm³/mol. The average Bonchev–Trinajstić information content (AvgIpc) is 3.31. The molecule has 1 aromatic heterocycles. The van der Waals surface area contributed by atoms with E-state index >= 15 is 0 Å². The van der Waals surface area contributed by atoms with E-state index in [2.05, 4.69) is 91.0 Å². The van der Waals surface area contributed by atoms with Crippen molar-refractivity contribution in [2.45, 2.75) is 0 Å². The van der Waals surface area contributed by atoms with E-state index in [1.807, 2.05) is 24.3 Å². The van der Waals surface area contributed by atoms with Gasteiger partial charge in [0.25, 0.3) is 0 Å². The molecule has 164 valence electrons. The maximum atomic E-state index is 7.86. The van der Waals surface area contributed by atoms with Gasteiger partial charge in [0.1, 0.15) is 11.2 Å². The Bertz CT molecular complexity index is 1930. The molecule has 0 aliphatic rings. The molecule has 35 heavy (non-hydrogen) atoms. The Kier molecular flexibility index (Phi) is 4.33. The quantitative estimate of drug-likeness (QED) is 0.213. The first-order valence-corrected chi connectivity index (χ1v) is 11.8. The first kappa shape index (κ1) is 19.7. The Hall–Kier alpha value is -4.69. The predicted octanol–water partition coefficient (Wildman–Crippen LogP) is 9.22. The Morgan fingerprint density at radius 1 is 0.514 bits per heavy atom. The van der Waals surface area contributed by atoms with Crippen molar-refractivity contribution in [2.75, 3.05) is 0 Å². The largest absolute Gasteiger partial charge is 0.456 e. The minimum Gasteiger partial charge on any atom is -0.456 e. The Balaban J connectivity index is 1.46. The van der Waals surface area contributed by atoms with Crippen molar-refractivity contribution in [3.05, 3.63) is 121 Å². The molecule has 1 N–H and O–H groups in total. The summed E-state index contributed by atoms with van der Waals surface area (Å²) in [6.07, 6.45) is 1.40. The van der Waals surface area contributed by atoms with Gasteiger partial charge in [0.2, 0.25) is 0 Å². The highest BCUT2D eigenvalue weighted by atomic mass is 16.3. The zero-order chi connectivity index (χ0) is 23.4. The number of nitrogens with one attached hydrogen (secondary N) is 1. The molecule has 1 heterocycles. The molecular weight excluding hydrogens is 426 g/mol. The van der Waals surface area contributed by atoms with E-state index in [1.165, 1.54) is 44.4 Å². The van der Waals surface area contributed by atoms with Gasteiger partial charge in [-0.05, 0) is 68.1 Å². The summed E-state index contributed by atoms with van der Waals surface area (Å²) < 4.78 is 6.09. The molecule has 0 atom stereocenters. The van der Waals surface area contributed by atoms with Crippen LogP contribution < -0.4 is 0 Å². The molecule has 7 aromatic rings. The second kappa shape index (κ2) is 7.68. The van der Waals surface area contributed by atoms with Crippen LogP contribution in [0.1, 0.15) is 5.56 Å². The van der Waals surface area contributed by atoms with Crippen molar-refractivity contribution < 1.29 is 4.42 Å². The molecule has 7 rings (SSSR count). The SMILES string of the molecule is N=Cc1cccc2oc3ccc(-c4ccccc4-c4ccc5ccc6ccccc6c5c4)cc3c12. The zero-order valence-corrected chi connectivity index (χ0v) is 19.0. The van der Waals surface area contributed by atoms with Crippen LogP contribution in [0.5, 0.6) is 0 Å². The molecule has 0 spiro atoms. The maximum Gasteiger partial charge on any atom is 0.136 e. The summed E-state index contributed by atoms with van der Waals surface area (Å²) in [4.78, 5) is 0. The third-order valence-electron chi connectivity index (χ3n) is 6.98. The van der Waals surface area contributed by atoms with Crippen LogP contribution in [0.4, 0.5) is 0 Å². The number of benzene rings is 6. The minimum absolute atomic E-state index is 0.813. The second-order valence-corrected chi connectivity index (χ2v) is 8.95. The van der Waals surface area contributed by atoms with Gasteiger partial charge >= 0.3 is 0 Å². The molecule has 0 fully saturated rings. The molecule has 0 amide bonds. The van der Waals surface area contributed by atoms with Gasteiger partial charge in [-0.3, -0.25) is 0 Å². The summed E-state index contributed by atoms with van der Waals surface area (Å²) in [6.45, 7) is 0. The average molecular weight is 448 g/mol. The van der Waals surface area contributed by atoms with Gasteiger partial charge in [0, 0.05) is 22.6 Å². The van der Waals surface area contributed by atoms with Gasteiger partial charge in [-0.25, -0.2) is 0 Å². The third kappa shape index (κ3) is 3.08. The molecule has 0 aliphatic heterocycles. The lowest BCUT2D eigenvalue weighted by atomic mass is 9.91. The summed E-state index contributed by atoms with van der Waals surface area (Å²) in [7, 11) is 0. The molecule has 2 nitrogen and oxygen atoms in total. The summed E-state index contributed by atoms with van der Waals surface area (Å²) in [5, 5.41) is 14.9. The molecular formula is C33H21NO. The monoisotopic (exact) mass is 447 g/mol. The van der Waals surface area contributed by atoms with Crippen molar-refractivity contribution in [3.8, 4) is 22.3 Å². The standard InChI is InChI=1S/C33H21NO/c34-20-25-7-5-11-32-33(25)30-19-24(16-17-31(30)35-32)28-10-4-3-9-27(28)23-15-14-22-13-12-21-6-1-2-8-26(21)29(22)18-23/h1-20,34H. The van der Waals surface area contributed by atoms with Gasteiger partial charge in [-0.2, -0.15) is 0 Å². The number of rotatable bonds is 3. The first-order valence-electron chi connectivity index (χ1n) is 11.8. The summed E-state index contributed by atoms with van der Waals surface area (Å²) in [6, 6.07) is 40.5. The molecule has 2 heteroatoms. The van der Waals surface area contributed by atoms with Crippen LogP contribution in [0.2, 0.25) is 0 Å². The maximum absolute atomic E-state index is 7.86. The van der Waals surface area contributed by atoms with E-state index < -0.39 is 0 Å². The Morgan fingerprint density at radius 3 is 1.97 bits per heavy atom. The van der Waals surface area contributed by atoms with E-state index in [1.54, 1.807) is 0 Å². The van der Waals surface area contributed by atoms with Crippen LogP contribution in [0.15, 0.2) is 120 Å². The molecule has 0 bridgehead atoms. The highest BCUT2D eigenvalue weighted by molar-refractivity contribution is 6.14. The van der Waals surface area contributed by atoms with E-state index in [0.717, 1.165) is 33.1 Å². The van der Waals surface area contributed by atoms with Crippen molar-refractivity contribution in [1.82, 2.24) is 0 Å². The van der Waals surface area contributed by atoms with E-state index in [4.69, 9.17) is 9.83 Å². The Labute approximate surface area is 202 Å². The van der Waals surface area contributed by atoms with Crippen molar-refractivity contribution in [2.24, 2.45) is 0 Å². The lowest BCUT2D eigenvalue weighted by molar-refractivity contribution is 0.669. The Morgan fingerprint density at radius 2 is 1.17 bits per heavy atom. The fraction of sp³-hybridized carbons (Fsp3) is 0. The first-order chi connectivity index (χ1) is 17.3. The lowest BCUT2D eigenvalue weighted by Crippen LogP contribution is -1.87. The van der Waals surface area contributed by atoms with Crippen LogP contribution in [0.3, 0.4) is 0 Å². The van der Waals surface area contributed by atoms with E-state index in [9.17, 15) is 0 Å². The number of hydrogen-bond donors (Lipinski definition) is 1. The zero-order valence-electron chi connectivity index (χ0n) is 19.0. The van der Waals surface area contributed by atoms with Gasteiger partial charge in [0.15, 0.2) is 0 Å². The molecule has 6 aromatic carbocycles. The summed E-state index contributed by atoms with van der Waals surface area (Å²) in [5.74, 6) is 0. The molecule has 0 unspecified atom stereocenters. The van der Waals surface area contributed by atoms with Crippen LogP contribution in [0.25, 0.3) is 65.7 Å². The fourth-order valence-corrected chi connectivity index (χ4v) is 5.30. The van der Waals surface area contributed by atoms with Crippen LogP contribution >= 0.6 is 0 Å². The number of hydrogen-bond acceptors (Lipinski definition) is 2. The van der Waals surface area contributed by atoms with Crippen LogP contribution in [-0.4, -0.2) is 6.21 Å². The van der Waals surface area contributed by atoms with E-state index in [0.29, 0.717) is 0 Å². The number of furan rings is 1. The van der Waals surface area contributed by atoms with Crippen LogP contribution in [0, 0.1) is 5.41 Å². The topological polar surface area (TPSA) is 37.0 Å².